The van der Waals surface area contributed by atoms with E-state index in [1.54, 1.807) is 14.2 Å². The minimum atomic E-state index is 0.598. The molecule has 2 aromatic carbocycles. The normalized spacial score (nSPS) is 11.1. The summed E-state index contributed by atoms with van der Waals surface area (Å²) in [6.07, 6.45) is 1.86. The molecule has 0 saturated carbocycles. The van der Waals surface area contributed by atoms with Crippen LogP contribution >= 0.6 is 15.9 Å². The summed E-state index contributed by atoms with van der Waals surface area (Å²) in [7, 11) is 3.27. The first-order chi connectivity index (χ1) is 13.9. The fourth-order valence-corrected chi connectivity index (χ4v) is 3.65. The molecule has 152 valence electrons. The van der Waals surface area contributed by atoms with Gasteiger partial charge in [0.2, 0.25) is 0 Å². The van der Waals surface area contributed by atoms with E-state index in [1.165, 1.54) is 11.3 Å². The van der Waals surface area contributed by atoms with Crippen LogP contribution in [-0.4, -0.2) is 25.0 Å². The Labute approximate surface area is 180 Å². The molecule has 0 unspecified atom stereocenters. The lowest BCUT2D eigenvalue weighted by molar-refractivity contribution is 0.354. The van der Waals surface area contributed by atoms with Gasteiger partial charge in [-0.15, -0.1) is 0 Å². The summed E-state index contributed by atoms with van der Waals surface area (Å²) >= 11 is 3.63. The zero-order valence-electron chi connectivity index (χ0n) is 17.4. The average molecular weight is 456 g/mol. The molecule has 1 aromatic heterocycles. The summed E-state index contributed by atoms with van der Waals surface area (Å²) in [4.78, 5) is 0. The topological polar surface area (TPSA) is 47.8 Å². The molecule has 1 heterocycles. The van der Waals surface area contributed by atoms with Crippen molar-refractivity contribution in [3.8, 4) is 17.2 Å². The third kappa shape index (κ3) is 4.65. The highest BCUT2D eigenvalue weighted by atomic mass is 79.9. The summed E-state index contributed by atoms with van der Waals surface area (Å²) in [5.74, 6) is 1.43. The van der Waals surface area contributed by atoms with Crippen LogP contribution in [0.3, 0.4) is 0 Å². The van der Waals surface area contributed by atoms with Crippen LogP contribution in [0.4, 0.5) is 0 Å². The predicted molar refractivity (Wildman–Crippen MR) is 122 cm³/mol. The van der Waals surface area contributed by atoms with E-state index in [2.05, 4.69) is 76.1 Å². The van der Waals surface area contributed by atoms with Gasteiger partial charge in [0.1, 0.15) is 0 Å². The molecule has 0 aliphatic carbocycles. The second-order valence-corrected chi connectivity index (χ2v) is 7.73. The zero-order chi connectivity index (χ0) is 21.0. The van der Waals surface area contributed by atoms with Crippen LogP contribution in [0, 0.1) is 20.8 Å². The van der Waals surface area contributed by atoms with E-state index in [0.717, 1.165) is 32.7 Å². The van der Waals surface area contributed by atoms with Gasteiger partial charge in [-0.25, -0.2) is 0 Å². The number of aromatic nitrogens is 1. The molecule has 3 rings (SSSR count). The molecule has 0 spiro atoms. The van der Waals surface area contributed by atoms with Gasteiger partial charge in [0.25, 0.3) is 0 Å². The summed E-state index contributed by atoms with van der Waals surface area (Å²) in [5.41, 5.74) is 9.92. The standard InChI is InChI=1S/C23H26BrN3O2/c1-15-6-8-20(12-21(15)24)27-16(2)10-19(17(27)3)14-26-25-13-18-7-9-22(28-4)23(11-18)29-5/h6-12,14,25H,13H2,1-5H3/b26-14-. The Bertz CT molecular complexity index is 1040. The number of aryl methyl sites for hydroxylation is 2. The number of ether oxygens (including phenoxy) is 2. The highest BCUT2D eigenvalue weighted by Gasteiger charge is 2.10. The smallest absolute Gasteiger partial charge is 0.161 e. The SMILES string of the molecule is COc1ccc(CN/N=C\c2cc(C)n(-c3ccc(C)c(Br)c3)c2C)cc1OC. The number of hydrazone groups is 1. The maximum absolute atomic E-state index is 5.34. The zero-order valence-corrected chi connectivity index (χ0v) is 19.0. The molecule has 6 heteroatoms. The summed E-state index contributed by atoms with van der Waals surface area (Å²) in [6, 6.07) is 14.4. The number of hydrogen-bond donors (Lipinski definition) is 1. The second kappa shape index (κ2) is 9.18. The third-order valence-electron chi connectivity index (χ3n) is 4.91. The largest absolute Gasteiger partial charge is 0.493 e. The van der Waals surface area contributed by atoms with Gasteiger partial charge in [-0.1, -0.05) is 28.1 Å². The molecule has 1 N–H and O–H groups in total. The second-order valence-electron chi connectivity index (χ2n) is 6.88. The maximum atomic E-state index is 5.34. The van der Waals surface area contributed by atoms with E-state index in [-0.39, 0.29) is 0 Å². The van der Waals surface area contributed by atoms with E-state index in [0.29, 0.717) is 12.3 Å². The molecule has 0 amide bonds. The van der Waals surface area contributed by atoms with Crippen molar-refractivity contribution in [2.75, 3.05) is 14.2 Å². The average Bonchev–Trinajstić information content (AvgIpc) is 3.00. The molecule has 0 bridgehead atoms. The van der Waals surface area contributed by atoms with Crippen LogP contribution in [0.2, 0.25) is 0 Å². The predicted octanol–water partition coefficient (Wildman–Crippen LogP) is 5.31. The van der Waals surface area contributed by atoms with E-state index in [4.69, 9.17) is 9.47 Å². The summed E-state index contributed by atoms with van der Waals surface area (Å²) in [6.45, 7) is 6.90. The molecule has 0 saturated heterocycles. The number of nitrogens with one attached hydrogen (secondary N) is 1. The van der Waals surface area contributed by atoms with Crippen molar-refractivity contribution >= 4 is 22.1 Å². The molecule has 0 fully saturated rings. The minimum absolute atomic E-state index is 0.598. The van der Waals surface area contributed by atoms with Crippen molar-refractivity contribution in [1.82, 2.24) is 9.99 Å². The number of hydrogen-bond acceptors (Lipinski definition) is 4. The maximum Gasteiger partial charge on any atom is 0.161 e. The van der Waals surface area contributed by atoms with Crippen LogP contribution in [0.25, 0.3) is 5.69 Å². The number of methoxy groups -OCH3 is 2. The van der Waals surface area contributed by atoms with Gasteiger partial charge in [0, 0.05) is 27.1 Å². The Kier molecular flexibility index (Phi) is 6.64. The fraction of sp³-hybridized carbons (Fsp3) is 0.261. The fourth-order valence-electron chi connectivity index (χ4n) is 3.28. The van der Waals surface area contributed by atoms with Crippen molar-refractivity contribution in [3.63, 3.8) is 0 Å². The Morgan fingerprint density at radius 3 is 2.45 bits per heavy atom. The minimum Gasteiger partial charge on any atom is -0.493 e. The Balaban J connectivity index is 1.72. The van der Waals surface area contributed by atoms with Crippen LogP contribution in [0.15, 0.2) is 52.0 Å². The lowest BCUT2D eigenvalue weighted by atomic mass is 10.2. The van der Waals surface area contributed by atoms with E-state index in [9.17, 15) is 0 Å². The van der Waals surface area contributed by atoms with Crippen molar-refractivity contribution in [3.05, 3.63) is 75.0 Å². The quantitative estimate of drug-likeness (QED) is 0.388. The van der Waals surface area contributed by atoms with Crippen LogP contribution in [0.5, 0.6) is 11.5 Å². The number of halogens is 1. The molecule has 0 aliphatic heterocycles. The van der Waals surface area contributed by atoms with E-state index >= 15 is 0 Å². The molecular formula is C23H26BrN3O2. The van der Waals surface area contributed by atoms with Gasteiger partial charge in [0.15, 0.2) is 11.5 Å². The van der Waals surface area contributed by atoms with Crippen molar-refractivity contribution in [1.29, 1.82) is 0 Å². The number of nitrogens with zero attached hydrogens (tertiary/aromatic N) is 2. The van der Waals surface area contributed by atoms with Crippen molar-refractivity contribution < 1.29 is 9.47 Å². The molecule has 5 nitrogen and oxygen atoms in total. The molecular weight excluding hydrogens is 430 g/mol. The molecule has 0 radical (unpaired) electrons. The van der Waals surface area contributed by atoms with Gasteiger partial charge < -0.3 is 19.5 Å². The highest BCUT2D eigenvalue weighted by Crippen LogP contribution is 2.27. The molecule has 29 heavy (non-hydrogen) atoms. The van der Waals surface area contributed by atoms with Gasteiger partial charge in [-0.2, -0.15) is 5.10 Å². The summed E-state index contributed by atoms with van der Waals surface area (Å²) < 4.78 is 14.0. The van der Waals surface area contributed by atoms with Gasteiger partial charge in [-0.3, -0.25) is 0 Å². The monoisotopic (exact) mass is 455 g/mol. The molecule has 3 aromatic rings. The summed E-state index contributed by atoms with van der Waals surface area (Å²) in [5, 5.41) is 4.41. The van der Waals surface area contributed by atoms with E-state index in [1.807, 2.05) is 24.4 Å². The first-order valence-electron chi connectivity index (χ1n) is 9.37. The van der Waals surface area contributed by atoms with Crippen molar-refractivity contribution in [2.45, 2.75) is 27.3 Å². The number of benzene rings is 2. The van der Waals surface area contributed by atoms with Crippen LogP contribution in [0.1, 0.15) is 28.1 Å². The van der Waals surface area contributed by atoms with Gasteiger partial charge in [-0.05, 0) is 62.2 Å². The molecule has 0 aliphatic rings. The van der Waals surface area contributed by atoms with Crippen LogP contribution < -0.4 is 14.9 Å². The first-order valence-corrected chi connectivity index (χ1v) is 10.2. The van der Waals surface area contributed by atoms with Gasteiger partial charge in [0.05, 0.1) is 27.0 Å². The molecule has 0 atom stereocenters. The van der Waals surface area contributed by atoms with Gasteiger partial charge >= 0.3 is 0 Å². The van der Waals surface area contributed by atoms with Crippen LogP contribution in [-0.2, 0) is 6.54 Å². The Morgan fingerprint density at radius 2 is 1.76 bits per heavy atom. The Hall–Kier alpha value is -2.73. The Morgan fingerprint density at radius 1 is 1.00 bits per heavy atom. The lowest BCUT2D eigenvalue weighted by Crippen LogP contribution is -2.06. The van der Waals surface area contributed by atoms with E-state index < -0.39 is 0 Å². The van der Waals surface area contributed by atoms with Crippen molar-refractivity contribution in [2.24, 2.45) is 5.10 Å². The first kappa shape index (κ1) is 21.0. The third-order valence-corrected chi connectivity index (χ3v) is 5.76. The number of rotatable bonds is 7. The highest BCUT2D eigenvalue weighted by molar-refractivity contribution is 9.10. The lowest BCUT2D eigenvalue weighted by Gasteiger charge is -2.11.